The highest BCUT2D eigenvalue weighted by molar-refractivity contribution is 5.76. The Balaban J connectivity index is 3.45. The van der Waals surface area contributed by atoms with E-state index < -0.39 is 12.1 Å². The van der Waals surface area contributed by atoms with E-state index in [0.29, 0.717) is 6.42 Å². The highest BCUT2D eigenvalue weighted by atomic mass is 16.3. The minimum Gasteiger partial charge on any atom is -0.394 e. The van der Waals surface area contributed by atoms with Crippen molar-refractivity contribution >= 4 is 5.91 Å². The van der Waals surface area contributed by atoms with Crippen molar-refractivity contribution in [3.63, 3.8) is 0 Å². The maximum absolute atomic E-state index is 12.5. The van der Waals surface area contributed by atoms with Gasteiger partial charge in [-0.1, -0.05) is 298 Å². The zero-order valence-electron chi connectivity index (χ0n) is 46.1. The van der Waals surface area contributed by atoms with Gasteiger partial charge >= 0.3 is 0 Å². The van der Waals surface area contributed by atoms with Gasteiger partial charge in [0, 0.05) is 6.42 Å². The Morgan fingerprint density at radius 1 is 0.362 bits per heavy atom. The van der Waals surface area contributed by atoms with Crippen molar-refractivity contribution in [2.45, 2.75) is 315 Å². The number of aliphatic hydroxyl groups excluding tert-OH is 2. The Hall–Kier alpha value is -2.43. The second-order valence-electron chi connectivity index (χ2n) is 20.4. The van der Waals surface area contributed by atoms with Crippen molar-refractivity contribution in [2.24, 2.45) is 0 Å². The fourth-order valence-corrected chi connectivity index (χ4v) is 9.03. The minimum absolute atomic E-state index is 0.0748. The fourth-order valence-electron chi connectivity index (χ4n) is 9.03. The molecule has 0 spiro atoms. The molecule has 0 heterocycles. The number of hydrogen-bond donors (Lipinski definition) is 3. The van der Waals surface area contributed by atoms with Crippen molar-refractivity contribution in [2.75, 3.05) is 6.61 Å². The molecule has 4 heteroatoms. The number of carbonyl (C=O) groups is 1. The molecule has 0 aliphatic heterocycles. The van der Waals surface area contributed by atoms with E-state index in [-0.39, 0.29) is 12.5 Å². The first-order chi connectivity index (χ1) is 34.2. The van der Waals surface area contributed by atoms with Gasteiger partial charge in [0.2, 0.25) is 5.91 Å². The second-order valence-corrected chi connectivity index (χ2v) is 20.4. The van der Waals surface area contributed by atoms with E-state index in [1.165, 1.54) is 218 Å². The van der Waals surface area contributed by atoms with Crippen LogP contribution in [0, 0.1) is 0 Å². The van der Waals surface area contributed by atoms with Crippen LogP contribution in [0.1, 0.15) is 303 Å². The quantitative estimate of drug-likeness (QED) is 0.0420. The average molecular weight is 961 g/mol. The van der Waals surface area contributed by atoms with Crippen LogP contribution >= 0.6 is 0 Å². The van der Waals surface area contributed by atoms with E-state index in [1.54, 1.807) is 6.08 Å². The third-order valence-corrected chi connectivity index (χ3v) is 13.6. The molecular weight excluding hydrogens is 843 g/mol. The van der Waals surface area contributed by atoms with Crippen molar-refractivity contribution in [3.8, 4) is 0 Å². The molecule has 0 rings (SSSR count). The van der Waals surface area contributed by atoms with Crippen LogP contribution in [0.15, 0.2) is 85.1 Å². The molecule has 0 fully saturated rings. The molecule has 0 aromatic heterocycles. The summed E-state index contributed by atoms with van der Waals surface area (Å²) < 4.78 is 0. The molecule has 1 amide bonds. The fraction of sp³-hybridized carbons (Fsp3) is 0.769. The molecule has 0 aliphatic rings. The van der Waals surface area contributed by atoms with E-state index in [4.69, 9.17) is 0 Å². The third kappa shape index (κ3) is 56.4. The number of rotatable bonds is 55. The number of aliphatic hydroxyl groups is 2. The van der Waals surface area contributed by atoms with Crippen LogP contribution in [0.5, 0.6) is 0 Å². The van der Waals surface area contributed by atoms with Crippen molar-refractivity contribution in [3.05, 3.63) is 85.1 Å². The van der Waals surface area contributed by atoms with Gasteiger partial charge in [-0.2, -0.15) is 0 Å². The third-order valence-electron chi connectivity index (χ3n) is 13.6. The van der Waals surface area contributed by atoms with E-state index in [0.717, 1.165) is 64.2 Å². The Morgan fingerprint density at radius 2 is 0.652 bits per heavy atom. The van der Waals surface area contributed by atoms with Gasteiger partial charge in [-0.3, -0.25) is 4.79 Å². The molecule has 69 heavy (non-hydrogen) atoms. The maximum atomic E-state index is 12.5. The summed E-state index contributed by atoms with van der Waals surface area (Å²) in [4.78, 5) is 12.5. The first-order valence-corrected chi connectivity index (χ1v) is 30.3. The highest BCUT2D eigenvalue weighted by Crippen LogP contribution is 2.17. The van der Waals surface area contributed by atoms with Gasteiger partial charge in [0.25, 0.3) is 0 Å². The first-order valence-electron chi connectivity index (χ1n) is 30.3. The predicted molar refractivity (Wildman–Crippen MR) is 308 cm³/mol. The Labute approximate surface area is 431 Å². The van der Waals surface area contributed by atoms with E-state index in [1.807, 2.05) is 6.08 Å². The molecule has 4 nitrogen and oxygen atoms in total. The molecule has 0 saturated carbocycles. The van der Waals surface area contributed by atoms with Crippen LogP contribution in [-0.2, 0) is 4.79 Å². The molecule has 0 radical (unpaired) electrons. The lowest BCUT2D eigenvalue weighted by molar-refractivity contribution is -0.123. The minimum atomic E-state index is -0.872. The van der Waals surface area contributed by atoms with Crippen LogP contribution in [0.2, 0.25) is 0 Å². The summed E-state index contributed by atoms with van der Waals surface area (Å²) in [6.07, 6.45) is 87.8. The summed E-state index contributed by atoms with van der Waals surface area (Å²) >= 11 is 0. The molecule has 3 N–H and O–H groups in total. The molecule has 0 bridgehead atoms. The van der Waals surface area contributed by atoms with E-state index >= 15 is 0 Å². The van der Waals surface area contributed by atoms with Gasteiger partial charge in [0.15, 0.2) is 0 Å². The maximum Gasteiger partial charge on any atom is 0.220 e. The van der Waals surface area contributed by atoms with Gasteiger partial charge in [-0.15, -0.1) is 0 Å². The Bertz CT molecular complexity index is 1230. The number of allylic oxidation sites excluding steroid dienone is 13. The summed E-state index contributed by atoms with van der Waals surface area (Å²) in [6, 6.07) is -0.647. The van der Waals surface area contributed by atoms with Gasteiger partial charge in [-0.25, -0.2) is 0 Å². The van der Waals surface area contributed by atoms with Crippen LogP contribution in [0.3, 0.4) is 0 Å². The lowest BCUT2D eigenvalue weighted by Gasteiger charge is -2.19. The monoisotopic (exact) mass is 960 g/mol. The van der Waals surface area contributed by atoms with Crippen LogP contribution in [0.4, 0.5) is 0 Å². The number of nitrogens with one attached hydrogen (secondary N) is 1. The first kappa shape index (κ1) is 66.6. The van der Waals surface area contributed by atoms with Crippen molar-refractivity contribution in [1.82, 2.24) is 5.32 Å². The van der Waals surface area contributed by atoms with Crippen LogP contribution in [-0.4, -0.2) is 34.9 Å². The van der Waals surface area contributed by atoms with Gasteiger partial charge in [0.1, 0.15) is 0 Å². The van der Waals surface area contributed by atoms with E-state index in [2.05, 4.69) is 92.1 Å². The topological polar surface area (TPSA) is 69.6 Å². The normalized spacial score (nSPS) is 13.4. The molecule has 0 aromatic carbocycles. The molecule has 0 aliphatic carbocycles. The SMILES string of the molecule is CC/C=C\C/C=C\C/C=C\C/C=C\CCCCCCCCCCCCCCCCCCCCCCCCCCCCC(=O)NC(CO)C(O)/C=C/CC/C=C/CC/C=C/CCCCCCCCCC. The molecule has 2 unspecified atom stereocenters. The molecule has 2 atom stereocenters. The predicted octanol–water partition coefficient (Wildman–Crippen LogP) is 20.3. The lowest BCUT2D eigenvalue weighted by atomic mass is 10.0. The summed E-state index contributed by atoms with van der Waals surface area (Å²) in [5, 5.41) is 23.1. The Morgan fingerprint density at radius 3 is 1.01 bits per heavy atom. The zero-order valence-corrected chi connectivity index (χ0v) is 46.1. The lowest BCUT2D eigenvalue weighted by Crippen LogP contribution is -2.45. The zero-order chi connectivity index (χ0) is 49.9. The number of hydrogen-bond acceptors (Lipinski definition) is 3. The van der Waals surface area contributed by atoms with Gasteiger partial charge in [0.05, 0.1) is 18.8 Å². The largest absolute Gasteiger partial charge is 0.394 e. The molecular formula is C65H117NO3. The molecule has 0 aromatic rings. The summed E-state index contributed by atoms with van der Waals surface area (Å²) in [5.41, 5.74) is 0. The highest BCUT2D eigenvalue weighted by Gasteiger charge is 2.18. The van der Waals surface area contributed by atoms with Gasteiger partial charge < -0.3 is 15.5 Å². The van der Waals surface area contributed by atoms with Crippen LogP contribution < -0.4 is 5.32 Å². The van der Waals surface area contributed by atoms with Crippen LogP contribution in [0.25, 0.3) is 0 Å². The Kier molecular flexibility index (Phi) is 57.8. The summed E-state index contributed by atoms with van der Waals surface area (Å²) in [5.74, 6) is -0.0748. The number of carbonyl (C=O) groups excluding carboxylic acids is 1. The second kappa shape index (κ2) is 59.9. The van der Waals surface area contributed by atoms with E-state index in [9.17, 15) is 15.0 Å². The number of unbranched alkanes of at least 4 members (excludes halogenated alkanes) is 36. The molecule has 400 valence electrons. The smallest absolute Gasteiger partial charge is 0.220 e. The number of amides is 1. The van der Waals surface area contributed by atoms with Crippen molar-refractivity contribution in [1.29, 1.82) is 0 Å². The van der Waals surface area contributed by atoms with Crippen molar-refractivity contribution < 1.29 is 15.0 Å². The summed E-state index contributed by atoms with van der Waals surface area (Å²) in [7, 11) is 0. The molecule has 0 saturated heterocycles. The standard InChI is InChI=1S/C65H117NO3/c1-3-5-7-9-11-13-15-17-19-21-23-24-25-26-27-28-29-30-31-32-33-34-35-36-37-38-39-40-41-42-43-45-47-49-51-53-55-57-59-61-65(69)66-63(62-67)64(68)60-58-56-54-52-50-48-46-44-22-20-18-16-14-12-10-8-6-4-2/h5,7,11,13,17,19,22-24,44,50,52,58,60,63-64,67-68H,3-4,6,8-10,12,14-16,18,20-21,25-43,45-49,51,53-57,59,61-62H2,1-2H3,(H,66,69)/b7-5-,13-11-,19-17-,24-23-,44-22+,52-50+,60-58+. The van der Waals surface area contributed by atoms with Gasteiger partial charge in [-0.05, 0) is 83.5 Å². The summed E-state index contributed by atoms with van der Waals surface area (Å²) in [6.45, 7) is 4.19. The average Bonchev–Trinajstić information content (AvgIpc) is 3.35.